The van der Waals surface area contributed by atoms with Crippen molar-refractivity contribution in [3.8, 4) is 0 Å². The molecule has 0 fully saturated rings. The minimum atomic E-state index is -0.463. The lowest BCUT2D eigenvalue weighted by Gasteiger charge is -2.38. The molecule has 1 aliphatic heterocycles. The summed E-state index contributed by atoms with van der Waals surface area (Å²) in [6.07, 6.45) is 1.12. The molecule has 3 rings (SSSR count). The maximum atomic E-state index is 13.6. The van der Waals surface area contributed by atoms with Gasteiger partial charge in [-0.1, -0.05) is 32.9 Å². The molecule has 25 heavy (non-hydrogen) atoms. The highest BCUT2D eigenvalue weighted by Gasteiger charge is 2.37. The van der Waals surface area contributed by atoms with Gasteiger partial charge in [0.1, 0.15) is 5.82 Å². The third kappa shape index (κ3) is 3.21. The zero-order valence-corrected chi connectivity index (χ0v) is 14.8. The molecule has 1 atom stereocenters. The smallest absolute Gasteiger partial charge is 0.258 e. The number of fused-ring (bicyclic) bond motifs is 1. The number of anilines is 1. The van der Waals surface area contributed by atoms with Gasteiger partial charge in [-0.15, -0.1) is 0 Å². The fourth-order valence-electron chi connectivity index (χ4n) is 3.33. The zero-order valence-electron chi connectivity index (χ0n) is 14.8. The second kappa shape index (κ2) is 6.79. The van der Waals surface area contributed by atoms with Crippen LogP contribution in [0.25, 0.3) is 0 Å². The fraction of sp³-hybridized carbons (Fsp3) is 0.333. The first-order valence-electron chi connectivity index (χ1n) is 8.67. The largest absolute Gasteiger partial charge is 0.304 e. The third-order valence-corrected chi connectivity index (χ3v) is 4.84. The molecule has 4 heteroatoms. The van der Waals surface area contributed by atoms with Crippen LogP contribution in [0.1, 0.15) is 53.5 Å². The number of ketones is 1. The van der Waals surface area contributed by atoms with Crippen molar-refractivity contribution in [1.82, 2.24) is 0 Å². The maximum Gasteiger partial charge on any atom is 0.258 e. The average Bonchev–Trinajstić information content (AvgIpc) is 2.61. The van der Waals surface area contributed by atoms with E-state index < -0.39 is 5.82 Å². The Kier molecular flexibility index (Phi) is 4.71. The lowest BCUT2D eigenvalue weighted by atomic mass is 9.87. The summed E-state index contributed by atoms with van der Waals surface area (Å²) in [6.45, 7) is 6.05. The second-order valence-electron chi connectivity index (χ2n) is 6.83. The van der Waals surface area contributed by atoms with E-state index in [4.69, 9.17) is 0 Å². The summed E-state index contributed by atoms with van der Waals surface area (Å²) in [5.41, 5.74) is 2.53. The Labute approximate surface area is 147 Å². The summed E-state index contributed by atoms with van der Waals surface area (Å²) in [4.78, 5) is 27.3. The van der Waals surface area contributed by atoms with Crippen molar-refractivity contribution < 1.29 is 14.0 Å². The summed E-state index contributed by atoms with van der Waals surface area (Å²) in [7, 11) is 0. The van der Waals surface area contributed by atoms with E-state index in [0.717, 1.165) is 12.0 Å². The Morgan fingerprint density at radius 1 is 1.20 bits per heavy atom. The molecule has 2 aromatic rings. The molecule has 1 aliphatic rings. The first kappa shape index (κ1) is 17.3. The molecule has 0 saturated carbocycles. The van der Waals surface area contributed by atoms with Gasteiger partial charge in [-0.25, -0.2) is 4.39 Å². The number of aryl methyl sites for hydroxylation is 1. The van der Waals surface area contributed by atoms with Crippen LogP contribution in [0, 0.1) is 11.7 Å². The Morgan fingerprint density at radius 3 is 2.48 bits per heavy atom. The van der Waals surface area contributed by atoms with E-state index in [2.05, 4.69) is 6.92 Å². The molecule has 130 valence electrons. The number of Topliss-reactive ketones (excluding diaryl/α,β-unsaturated/α-hetero) is 1. The van der Waals surface area contributed by atoms with Gasteiger partial charge < -0.3 is 4.90 Å². The van der Waals surface area contributed by atoms with Gasteiger partial charge in [-0.2, -0.15) is 0 Å². The van der Waals surface area contributed by atoms with E-state index in [0.29, 0.717) is 11.3 Å². The molecule has 1 heterocycles. The molecule has 0 aliphatic carbocycles. The highest BCUT2D eigenvalue weighted by molar-refractivity contribution is 6.14. The van der Waals surface area contributed by atoms with Crippen molar-refractivity contribution in [2.24, 2.45) is 5.92 Å². The van der Waals surface area contributed by atoms with Gasteiger partial charge in [-0.3, -0.25) is 9.59 Å². The van der Waals surface area contributed by atoms with E-state index in [1.165, 1.54) is 18.2 Å². The quantitative estimate of drug-likeness (QED) is 0.816. The lowest BCUT2D eigenvalue weighted by Crippen LogP contribution is -2.48. The number of hydrogen-bond donors (Lipinski definition) is 0. The number of carbonyl (C=O) groups excluding carboxylic acids is 2. The minimum Gasteiger partial charge on any atom is -0.304 e. The lowest BCUT2D eigenvalue weighted by molar-refractivity contribution is 0.0918. The van der Waals surface area contributed by atoms with Crippen molar-refractivity contribution in [2.45, 2.75) is 39.7 Å². The third-order valence-electron chi connectivity index (χ3n) is 4.84. The highest BCUT2D eigenvalue weighted by atomic mass is 19.1. The van der Waals surface area contributed by atoms with Crippen LogP contribution in [-0.2, 0) is 6.42 Å². The number of carbonyl (C=O) groups is 2. The van der Waals surface area contributed by atoms with Crippen LogP contribution in [-0.4, -0.2) is 17.7 Å². The normalized spacial score (nSPS) is 16.9. The molecule has 0 radical (unpaired) electrons. The molecule has 3 nitrogen and oxygen atoms in total. The van der Waals surface area contributed by atoms with Gasteiger partial charge in [0.15, 0.2) is 5.78 Å². The van der Waals surface area contributed by atoms with E-state index in [9.17, 15) is 14.0 Å². The molecule has 0 bridgehead atoms. The first-order chi connectivity index (χ1) is 11.9. The minimum absolute atomic E-state index is 0.112. The Morgan fingerprint density at radius 2 is 1.88 bits per heavy atom. The first-order valence-corrected chi connectivity index (χ1v) is 8.67. The van der Waals surface area contributed by atoms with Crippen LogP contribution in [0.15, 0.2) is 42.5 Å². The molecule has 0 aromatic heterocycles. The van der Waals surface area contributed by atoms with E-state index in [-0.39, 0.29) is 35.6 Å². The molecule has 0 spiro atoms. The van der Waals surface area contributed by atoms with E-state index in [1.807, 2.05) is 38.1 Å². The van der Waals surface area contributed by atoms with Gasteiger partial charge in [0.25, 0.3) is 5.91 Å². The molecule has 0 saturated heterocycles. The van der Waals surface area contributed by atoms with Crippen molar-refractivity contribution >= 4 is 17.4 Å². The number of amides is 1. The molecule has 0 N–H and O–H groups in total. The number of benzene rings is 2. The second-order valence-corrected chi connectivity index (χ2v) is 6.83. The molecule has 1 unspecified atom stereocenters. The molecular formula is C21H22FNO2. The summed E-state index contributed by atoms with van der Waals surface area (Å²) in [5, 5.41) is 0. The van der Waals surface area contributed by atoms with Crippen molar-refractivity contribution in [3.63, 3.8) is 0 Å². The maximum absolute atomic E-state index is 13.6. The van der Waals surface area contributed by atoms with Crippen LogP contribution in [0.4, 0.5) is 10.1 Å². The summed E-state index contributed by atoms with van der Waals surface area (Å²) in [6, 6.07) is 11.4. The van der Waals surface area contributed by atoms with Crippen LogP contribution in [0.3, 0.4) is 0 Å². The summed E-state index contributed by atoms with van der Waals surface area (Å²) >= 11 is 0. The Hall–Kier alpha value is -2.49. The van der Waals surface area contributed by atoms with E-state index >= 15 is 0 Å². The summed E-state index contributed by atoms with van der Waals surface area (Å²) < 4.78 is 13.6. The molecular weight excluding hydrogens is 317 g/mol. The predicted octanol–water partition coefficient (Wildman–Crippen LogP) is 4.65. The van der Waals surface area contributed by atoms with Gasteiger partial charge in [-0.05, 0) is 48.2 Å². The number of halogens is 1. The SMILES string of the molecule is CCc1ccc(C(=O)N2c3ccc(F)cc3C(=O)CC2C(C)C)cc1. The number of hydrogen-bond acceptors (Lipinski definition) is 2. The van der Waals surface area contributed by atoms with Gasteiger partial charge in [0.05, 0.1) is 5.69 Å². The van der Waals surface area contributed by atoms with Gasteiger partial charge in [0.2, 0.25) is 0 Å². The average molecular weight is 339 g/mol. The van der Waals surface area contributed by atoms with Gasteiger partial charge in [0, 0.05) is 23.6 Å². The van der Waals surface area contributed by atoms with Crippen molar-refractivity contribution in [3.05, 3.63) is 65.0 Å². The predicted molar refractivity (Wildman–Crippen MR) is 96.6 cm³/mol. The zero-order chi connectivity index (χ0) is 18.1. The Bertz CT molecular complexity index is 811. The van der Waals surface area contributed by atoms with Crippen LogP contribution >= 0.6 is 0 Å². The molecule has 2 aromatic carbocycles. The number of rotatable bonds is 3. The Balaban J connectivity index is 2.08. The van der Waals surface area contributed by atoms with Crippen LogP contribution in [0.5, 0.6) is 0 Å². The van der Waals surface area contributed by atoms with Crippen LogP contribution in [0.2, 0.25) is 0 Å². The molecule has 1 amide bonds. The van der Waals surface area contributed by atoms with Crippen molar-refractivity contribution in [1.29, 1.82) is 0 Å². The number of nitrogens with zero attached hydrogens (tertiary/aromatic N) is 1. The van der Waals surface area contributed by atoms with Gasteiger partial charge >= 0.3 is 0 Å². The monoisotopic (exact) mass is 339 g/mol. The summed E-state index contributed by atoms with van der Waals surface area (Å²) in [5.74, 6) is -0.615. The topological polar surface area (TPSA) is 37.4 Å². The highest BCUT2D eigenvalue weighted by Crippen LogP contribution is 2.35. The van der Waals surface area contributed by atoms with Crippen molar-refractivity contribution in [2.75, 3.05) is 4.90 Å². The van der Waals surface area contributed by atoms with Crippen LogP contribution < -0.4 is 4.90 Å². The standard InChI is InChI=1S/C21H22FNO2/c1-4-14-5-7-15(8-6-14)21(25)23-18-10-9-16(22)11-17(18)20(24)12-19(23)13(2)3/h5-11,13,19H,4,12H2,1-3H3. The fourth-order valence-corrected chi connectivity index (χ4v) is 3.33. The van der Waals surface area contributed by atoms with E-state index in [1.54, 1.807) is 4.90 Å².